The van der Waals surface area contributed by atoms with Crippen LogP contribution in [0.4, 0.5) is 24.9 Å². The van der Waals surface area contributed by atoms with Gasteiger partial charge in [-0.25, -0.2) is 4.98 Å². The number of alkyl halides is 3. The third-order valence-corrected chi connectivity index (χ3v) is 12.4. The van der Waals surface area contributed by atoms with Crippen molar-refractivity contribution in [3.05, 3.63) is 48.2 Å². The number of piperidine rings is 1. The van der Waals surface area contributed by atoms with E-state index in [1.165, 1.54) is 6.08 Å². The van der Waals surface area contributed by atoms with Crippen molar-refractivity contribution >= 4 is 39.5 Å². The van der Waals surface area contributed by atoms with Crippen LogP contribution in [-0.4, -0.2) is 120 Å². The highest BCUT2D eigenvalue weighted by Crippen LogP contribution is 2.53. The first kappa shape index (κ1) is 35.7. The minimum atomic E-state index is -4.59. The zero-order chi connectivity index (χ0) is 38.1. The second-order valence-corrected chi connectivity index (χ2v) is 16.1. The zero-order valence-corrected chi connectivity index (χ0v) is 30.9. The number of nitrogens with one attached hydrogen (secondary N) is 1. The van der Waals surface area contributed by atoms with Crippen molar-refractivity contribution in [1.82, 2.24) is 30.0 Å². The predicted molar refractivity (Wildman–Crippen MR) is 201 cm³/mol. The lowest BCUT2D eigenvalue weighted by Gasteiger charge is -2.56. The van der Waals surface area contributed by atoms with E-state index >= 15 is 0 Å². The molecule has 0 atom stereocenters. The first-order valence-corrected chi connectivity index (χ1v) is 19.1. The Balaban J connectivity index is 1.20. The van der Waals surface area contributed by atoms with Gasteiger partial charge in [-0.1, -0.05) is 12.6 Å². The topological polar surface area (TPSA) is 127 Å². The number of hydrogen-bond acceptors (Lipinski definition) is 10. The number of carbonyl (C=O) groups excluding carboxylic acids is 1. The summed E-state index contributed by atoms with van der Waals surface area (Å²) in [5, 5.41) is 18.7. The van der Waals surface area contributed by atoms with Gasteiger partial charge in [0.25, 0.3) is 0 Å². The average Bonchev–Trinajstić information content (AvgIpc) is 3.89. The SMILES string of the molecule is C=CC(=O)N1CC2(CCN(c3nc(N4CC(CC#N)(N5CCOCC5)C4)nc4c(OCC(F)(F)F)c(-c5c(C)ccc6[nH]ncc56)c(C5CC5)cc34)CC2)C1. The molecule has 0 unspecified atom stereocenters. The van der Waals surface area contributed by atoms with Crippen LogP contribution < -0.4 is 14.5 Å². The first-order valence-electron chi connectivity index (χ1n) is 19.1. The smallest absolute Gasteiger partial charge is 0.422 e. The number of nitrogens with zero attached hydrogens (tertiary/aromatic N) is 8. The molecule has 4 aliphatic heterocycles. The molecule has 0 bridgehead atoms. The quantitative estimate of drug-likeness (QED) is 0.212. The minimum Gasteiger partial charge on any atom is -0.481 e. The van der Waals surface area contributed by atoms with Crippen LogP contribution in [0.2, 0.25) is 0 Å². The fraction of sp³-hybridized carbons (Fsp3) is 0.525. The number of morpholine rings is 1. The Bertz CT molecular complexity index is 2200. The van der Waals surface area contributed by atoms with Crippen molar-refractivity contribution in [2.24, 2.45) is 5.41 Å². The van der Waals surface area contributed by atoms with E-state index in [0.29, 0.717) is 100 Å². The summed E-state index contributed by atoms with van der Waals surface area (Å²) in [6.45, 7) is 10.4. The molecule has 0 radical (unpaired) electrons. The van der Waals surface area contributed by atoms with E-state index in [2.05, 4.69) is 38.7 Å². The molecule has 1 spiro atoms. The Labute approximate surface area is 316 Å². The van der Waals surface area contributed by atoms with Gasteiger partial charge in [0, 0.05) is 74.1 Å². The van der Waals surface area contributed by atoms with Crippen LogP contribution in [0.25, 0.3) is 32.9 Å². The maximum absolute atomic E-state index is 14.2. The van der Waals surface area contributed by atoms with Crippen molar-refractivity contribution in [3.63, 3.8) is 0 Å². The second-order valence-electron chi connectivity index (χ2n) is 16.1. The standard InChI is InChI=1S/C40H44F3N9O3/c1-3-31(53)50-20-38(21-50)9-12-49(13-10-38)36-28-18-27(26-5-6-26)33(32-25(2)4-7-30-29(32)19-45-48-30)35(55-24-40(41,42)43)34(28)46-37(47-36)51-22-39(23-51,8-11-44)52-14-16-54-17-15-52/h3-4,7,18-19,26H,1,5-6,8-10,12-17,20-24H2,2H3,(H,45,48). The van der Waals surface area contributed by atoms with Gasteiger partial charge in [0.1, 0.15) is 11.3 Å². The van der Waals surface area contributed by atoms with Gasteiger partial charge in [0.2, 0.25) is 11.9 Å². The number of aromatic amines is 1. The van der Waals surface area contributed by atoms with Crippen LogP contribution in [0.15, 0.2) is 37.1 Å². The molecule has 1 aliphatic carbocycles. The number of hydrogen-bond donors (Lipinski definition) is 1. The number of amides is 1. The maximum Gasteiger partial charge on any atom is 0.422 e. The van der Waals surface area contributed by atoms with E-state index in [1.54, 1.807) is 6.20 Å². The first-order chi connectivity index (χ1) is 26.5. The predicted octanol–water partition coefficient (Wildman–Crippen LogP) is 5.72. The van der Waals surface area contributed by atoms with Gasteiger partial charge < -0.3 is 24.2 Å². The molecule has 288 valence electrons. The summed E-state index contributed by atoms with van der Waals surface area (Å²) in [6, 6.07) is 8.37. The number of carbonyl (C=O) groups is 1. The van der Waals surface area contributed by atoms with Crippen molar-refractivity contribution in [2.45, 2.75) is 56.7 Å². The normalized spacial score (nSPS) is 21.0. The van der Waals surface area contributed by atoms with Gasteiger partial charge in [-0.2, -0.15) is 28.5 Å². The van der Waals surface area contributed by atoms with Crippen LogP contribution in [-0.2, 0) is 9.53 Å². The summed E-state index contributed by atoms with van der Waals surface area (Å²) < 4.78 is 54.1. The number of anilines is 2. The molecule has 2 aromatic heterocycles. The van der Waals surface area contributed by atoms with Gasteiger partial charge in [-0.05, 0) is 73.4 Å². The number of ether oxygens (including phenoxy) is 2. The number of halogens is 3. The average molecular weight is 756 g/mol. The molecule has 55 heavy (non-hydrogen) atoms. The monoisotopic (exact) mass is 755 g/mol. The summed E-state index contributed by atoms with van der Waals surface area (Å²) in [5.41, 5.74) is 3.93. The number of aromatic nitrogens is 4. The molecule has 1 amide bonds. The molecule has 15 heteroatoms. The van der Waals surface area contributed by atoms with Gasteiger partial charge >= 0.3 is 6.18 Å². The highest BCUT2D eigenvalue weighted by Gasteiger charge is 2.50. The Hall–Kier alpha value is -4.94. The molecule has 1 N–H and O–H groups in total. The maximum atomic E-state index is 14.2. The molecule has 2 aromatic carbocycles. The number of aryl methyl sites for hydroxylation is 1. The lowest BCUT2D eigenvalue weighted by Crippen LogP contribution is -2.72. The van der Waals surface area contributed by atoms with Gasteiger partial charge in [-0.3, -0.25) is 14.8 Å². The summed E-state index contributed by atoms with van der Waals surface area (Å²) in [5.74, 6) is 1.25. The van der Waals surface area contributed by atoms with Crippen molar-refractivity contribution in [2.75, 3.05) is 82.0 Å². The van der Waals surface area contributed by atoms with Crippen LogP contribution in [0.3, 0.4) is 0 Å². The van der Waals surface area contributed by atoms with E-state index in [-0.39, 0.29) is 23.0 Å². The van der Waals surface area contributed by atoms with E-state index < -0.39 is 18.3 Å². The van der Waals surface area contributed by atoms with Gasteiger partial charge in [0.15, 0.2) is 12.4 Å². The number of nitriles is 1. The van der Waals surface area contributed by atoms with Crippen molar-refractivity contribution in [3.8, 4) is 22.9 Å². The molecule has 4 aromatic rings. The third-order valence-electron chi connectivity index (χ3n) is 12.4. The van der Waals surface area contributed by atoms with Crippen LogP contribution in [0.1, 0.15) is 49.1 Å². The highest BCUT2D eigenvalue weighted by atomic mass is 19.4. The summed E-state index contributed by atoms with van der Waals surface area (Å²) >= 11 is 0. The Kier molecular flexibility index (Phi) is 8.69. The Morgan fingerprint density at radius 3 is 2.49 bits per heavy atom. The van der Waals surface area contributed by atoms with E-state index in [0.717, 1.165) is 53.3 Å². The lowest BCUT2D eigenvalue weighted by atomic mass is 9.72. The van der Waals surface area contributed by atoms with Crippen LogP contribution >= 0.6 is 0 Å². The fourth-order valence-electron chi connectivity index (χ4n) is 9.31. The largest absolute Gasteiger partial charge is 0.481 e. The van der Waals surface area contributed by atoms with Crippen LogP contribution in [0, 0.1) is 23.7 Å². The molecule has 12 nitrogen and oxygen atoms in total. The van der Waals surface area contributed by atoms with E-state index in [9.17, 15) is 23.2 Å². The molecular formula is C40H44F3N9O3. The fourth-order valence-corrected chi connectivity index (χ4v) is 9.31. The van der Waals surface area contributed by atoms with E-state index in [4.69, 9.17) is 19.4 Å². The minimum absolute atomic E-state index is 0.0154. The number of H-pyrrole nitrogens is 1. The molecule has 9 rings (SSSR count). The molecular weight excluding hydrogens is 711 g/mol. The molecule has 4 saturated heterocycles. The highest BCUT2D eigenvalue weighted by molar-refractivity contribution is 6.06. The lowest BCUT2D eigenvalue weighted by molar-refractivity contribution is -0.153. The summed E-state index contributed by atoms with van der Waals surface area (Å²) in [7, 11) is 0. The van der Waals surface area contributed by atoms with Gasteiger partial charge in [-0.15, -0.1) is 0 Å². The molecule has 6 heterocycles. The second kappa shape index (κ2) is 13.4. The van der Waals surface area contributed by atoms with Crippen LogP contribution in [0.5, 0.6) is 5.75 Å². The summed E-state index contributed by atoms with van der Waals surface area (Å²) in [4.78, 5) is 31.0. The zero-order valence-electron chi connectivity index (χ0n) is 30.9. The van der Waals surface area contributed by atoms with Gasteiger partial charge in [0.05, 0.1) is 43.0 Å². The van der Waals surface area contributed by atoms with Crippen molar-refractivity contribution in [1.29, 1.82) is 5.26 Å². The molecule has 5 aliphatic rings. The number of rotatable bonds is 9. The molecule has 1 saturated carbocycles. The Morgan fingerprint density at radius 2 is 1.82 bits per heavy atom. The molecule has 5 fully saturated rings. The van der Waals surface area contributed by atoms with Crippen molar-refractivity contribution < 1.29 is 27.4 Å². The third kappa shape index (κ3) is 6.33. The number of likely N-dealkylation sites (tertiary alicyclic amines) is 1. The number of benzene rings is 2. The van der Waals surface area contributed by atoms with E-state index in [1.807, 2.05) is 28.9 Å². The number of fused-ring (bicyclic) bond motifs is 2. The summed E-state index contributed by atoms with van der Waals surface area (Å²) in [6.07, 6.45) is 2.31. The Morgan fingerprint density at radius 1 is 1.07 bits per heavy atom.